The Morgan fingerprint density at radius 1 is 1.37 bits per heavy atom. The summed E-state index contributed by atoms with van der Waals surface area (Å²) in [5.41, 5.74) is 1.02. The largest absolute Gasteiger partial charge is 0.632 e. The summed E-state index contributed by atoms with van der Waals surface area (Å²) in [6.45, 7) is 0.528. The number of rotatable bonds is 3. The Labute approximate surface area is 113 Å². The van der Waals surface area contributed by atoms with Crippen molar-refractivity contribution in [2.75, 3.05) is 13.6 Å². The summed E-state index contributed by atoms with van der Waals surface area (Å²) in [5, 5.41) is 14.9. The van der Waals surface area contributed by atoms with Crippen LogP contribution < -0.4 is 5.32 Å². The van der Waals surface area contributed by atoms with Crippen molar-refractivity contribution in [3.8, 4) is 0 Å². The van der Waals surface area contributed by atoms with Crippen LogP contribution in [0.5, 0.6) is 0 Å². The number of carbonyl (C=O) groups excluding carboxylic acids is 1. The van der Waals surface area contributed by atoms with Crippen molar-refractivity contribution in [1.82, 2.24) is 5.32 Å². The number of likely N-dealkylation sites (N-methyl/N-ethyl adjacent to an activating group) is 1. The van der Waals surface area contributed by atoms with Crippen molar-refractivity contribution in [3.63, 3.8) is 0 Å². The predicted molar refractivity (Wildman–Crippen MR) is 75.7 cm³/mol. The molecule has 0 aromatic heterocycles. The lowest BCUT2D eigenvalue weighted by atomic mass is 10.0. The highest BCUT2D eigenvalue weighted by Gasteiger charge is 2.33. The van der Waals surface area contributed by atoms with Gasteiger partial charge in [-0.1, -0.05) is 30.3 Å². The number of hydrogen-bond acceptors (Lipinski definition) is 2. The molecule has 1 N–H and O–H groups in total. The number of nitrogens with one attached hydrogen (secondary N) is 1. The van der Waals surface area contributed by atoms with Gasteiger partial charge in [0.15, 0.2) is 6.04 Å². The summed E-state index contributed by atoms with van der Waals surface area (Å²) in [7, 11) is 1.59. The molecule has 1 heterocycles. The number of benzene rings is 1. The van der Waals surface area contributed by atoms with Crippen LogP contribution >= 0.6 is 0 Å². The Morgan fingerprint density at radius 2 is 2.11 bits per heavy atom. The number of piperidine rings is 1. The molecule has 1 aliphatic heterocycles. The smallest absolute Gasteiger partial charge is 0.282 e. The Hall–Kier alpha value is -1.65. The van der Waals surface area contributed by atoms with Gasteiger partial charge < -0.3 is 15.2 Å². The van der Waals surface area contributed by atoms with Gasteiger partial charge in [-0.25, -0.2) is 0 Å². The third kappa shape index (κ3) is 3.66. The van der Waals surface area contributed by atoms with Crippen LogP contribution in [0.4, 0.5) is 0 Å². The number of likely N-dealkylation sites (tertiary alicyclic amines) is 1. The first kappa shape index (κ1) is 13.8. The third-order valence-corrected chi connectivity index (χ3v) is 3.59. The number of hydrogen-bond donors (Lipinski definition) is 1. The summed E-state index contributed by atoms with van der Waals surface area (Å²) in [6, 6.07) is 9.25. The second kappa shape index (κ2) is 5.99. The van der Waals surface area contributed by atoms with Crippen LogP contribution in [0, 0.1) is 5.21 Å². The predicted octanol–water partition coefficient (Wildman–Crippen LogP) is 2.27. The molecule has 1 aromatic rings. The van der Waals surface area contributed by atoms with E-state index in [1.54, 1.807) is 13.2 Å². The zero-order valence-corrected chi connectivity index (χ0v) is 11.2. The van der Waals surface area contributed by atoms with E-state index in [4.69, 9.17) is 0 Å². The maximum absolute atomic E-state index is 12.2. The van der Waals surface area contributed by atoms with E-state index in [9.17, 15) is 10.0 Å². The molecular formula is C15H20N2O2. The molecule has 19 heavy (non-hydrogen) atoms. The molecule has 2 atom stereocenters. The van der Waals surface area contributed by atoms with Gasteiger partial charge in [0.25, 0.3) is 5.91 Å². The van der Waals surface area contributed by atoms with Crippen molar-refractivity contribution in [3.05, 3.63) is 47.3 Å². The first-order chi connectivity index (χ1) is 9.09. The maximum Gasteiger partial charge on any atom is 0.282 e. The fourth-order valence-electron chi connectivity index (χ4n) is 2.45. The molecule has 1 amide bonds. The van der Waals surface area contributed by atoms with Crippen molar-refractivity contribution in [2.24, 2.45) is 0 Å². The number of nitrogens with zero attached hydrogens (tertiary/aromatic N) is 1. The molecule has 0 aliphatic carbocycles. The summed E-state index contributed by atoms with van der Waals surface area (Å²) in [4.78, 5) is 12.0. The lowest BCUT2D eigenvalue weighted by molar-refractivity contribution is -0.882. The molecule has 1 fully saturated rings. The van der Waals surface area contributed by atoms with Crippen molar-refractivity contribution in [1.29, 1.82) is 0 Å². The average Bonchev–Trinajstić information content (AvgIpc) is 2.39. The number of carbonyl (C=O) groups is 1. The van der Waals surface area contributed by atoms with Crippen LogP contribution in [0.2, 0.25) is 0 Å². The van der Waals surface area contributed by atoms with Gasteiger partial charge >= 0.3 is 0 Å². The van der Waals surface area contributed by atoms with Gasteiger partial charge in [-0.05, 0) is 24.5 Å². The van der Waals surface area contributed by atoms with Crippen LogP contribution in [0.1, 0.15) is 24.8 Å². The van der Waals surface area contributed by atoms with Crippen LogP contribution in [-0.4, -0.2) is 30.2 Å². The summed E-state index contributed by atoms with van der Waals surface area (Å²) in [5.74, 6) is -0.176. The normalized spacial score (nSPS) is 27.4. The molecule has 0 saturated carbocycles. The van der Waals surface area contributed by atoms with Crippen LogP contribution in [-0.2, 0) is 4.79 Å². The van der Waals surface area contributed by atoms with Gasteiger partial charge in [-0.2, -0.15) is 0 Å². The van der Waals surface area contributed by atoms with Crippen molar-refractivity contribution in [2.45, 2.75) is 25.3 Å². The zero-order valence-electron chi connectivity index (χ0n) is 11.2. The molecule has 0 radical (unpaired) electrons. The minimum Gasteiger partial charge on any atom is -0.632 e. The van der Waals surface area contributed by atoms with Gasteiger partial charge in [0.2, 0.25) is 0 Å². The first-order valence-corrected chi connectivity index (χ1v) is 6.68. The lowest BCUT2D eigenvalue weighted by Gasteiger charge is -2.47. The van der Waals surface area contributed by atoms with E-state index in [0.717, 1.165) is 18.4 Å². The van der Waals surface area contributed by atoms with Gasteiger partial charge in [0, 0.05) is 12.6 Å². The number of hydroxylamine groups is 3. The Morgan fingerprint density at radius 3 is 2.79 bits per heavy atom. The zero-order chi connectivity index (χ0) is 13.7. The molecule has 1 aliphatic rings. The summed E-state index contributed by atoms with van der Waals surface area (Å²) in [6.07, 6.45) is 5.98. The molecule has 2 rings (SSSR count). The van der Waals surface area contributed by atoms with Crippen LogP contribution in [0.25, 0.3) is 6.08 Å². The van der Waals surface area contributed by atoms with Gasteiger partial charge in [0.1, 0.15) is 0 Å². The monoisotopic (exact) mass is 260 g/mol. The molecule has 0 bridgehead atoms. The minimum absolute atomic E-state index is 0.176. The lowest BCUT2D eigenvalue weighted by Crippen LogP contribution is -2.56. The quantitative estimate of drug-likeness (QED) is 0.669. The highest BCUT2D eigenvalue weighted by Crippen LogP contribution is 2.22. The van der Waals surface area contributed by atoms with Crippen molar-refractivity contribution < 1.29 is 9.44 Å². The van der Waals surface area contributed by atoms with Gasteiger partial charge in [-0.15, -0.1) is 0 Å². The molecule has 2 unspecified atom stereocenters. The van der Waals surface area contributed by atoms with E-state index < -0.39 is 10.7 Å². The summed E-state index contributed by atoms with van der Waals surface area (Å²) < 4.78 is -0.453. The fourth-order valence-corrected chi connectivity index (χ4v) is 2.45. The van der Waals surface area contributed by atoms with Gasteiger partial charge in [-0.3, -0.25) is 4.79 Å². The molecular weight excluding hydrogens is 240 g/mol. The maximum atomic E-state index is 12.2. The van der Waals surface area contributed by atoms with E-state index >= 15 is 0 Å². The topological polar surface area (TPSA) is 52.2 Å². The first-order valence-electron chi connectivity index (χ1n) is 6.68. The Kier molecular flexibility index (Phi) is 4.35. The SMILES string of the molecule is C[N+]1([O-])CCCCC1C(=O)NC=Cc1ccccc1. The van der Waals surface area contributed by atoms with E-state index in [1.165, 1.54) is 0 Å². The molecule has 1 saturated heterocycles. The Bertz CT molecular complexity index is 454. The summed E-state index contributed by atoms with van der Waals surface area (Å²) >= 11 is 0. The van der Waals surface area contributed by atoms with Crippen LogP contribution in [0.15, 0.2) is 36.5 Å². The van der Waals surface area contributed by atoms with Gasteiger partial charge in [0.05, 0.1) is 13.6 Å². The fraction of sp³-hybridized carbons (Fsp3) is 0.400. The second-order valence-corrected chi connectivity index (χ2v) is 5.16. The van der Waals surface area contributed by atoms with E-state index in [2.05, 4.69) is 5.32 Å². The van der Waals surface area contributed by atoms with E-state index in [0.29, 0.717) is 13.0 Å². The molecule has 1 aromatic carbocycles. The van der Waals surface area contributed by atoms with Crippen LogP contribution in [0.3, 0.4) is 0 Å². The molecule has 0 spiro atoms. The number of quaternary nitrogens is 1. The highest BCUT2D eigenvalue weighted by atomic mass is 16.5. The third-order valence-electron chi connectivity index (χ3n) is 3.59. The standard InChI is InChI=1S/C15H20N2O2/c1-17(19)12-6-5-9-14(17)15(18)16-11-10-13-7-3-2-4-8-13/h2-4,7-8,10-11,14H,5-6,9,12H2,1H3,(H,16,18). The Balaban J connectivity index is 1.92. The van der Waals surface area contributed by atoms with Crippen molar-refractivity contribution >= 4 is 12.0 Å². The molecule has 4 heteroatoms. The second-order valence-electron chi connectivity index (χ2n) is 5.16. The highest BCUT2D eigenvalue weighted by molar-refractivity contribution is 5.82. The van der Waals surface area contributed by atoms with E-state index in [1.807, 2.05) is 36.4 Å². The minimum atomic E-state index is -0.478. The molecule has 4 nitrogen and oxygen atoms in total. The molecule has 102 valence electrons. The average molecular weight is 260 g/mol. The van der Waals surface area contributed by atoms with E-state index in [-0.39, 0.29) is 5.91 Å². The number of amides is 1.